The van der Waals surface area contributed by atoms with E-state index in [2.05, 4.69) is 45.2 Å². The van der Waals surface area contributed by atoms with Gasteiger partial charge in [-0.2, -0.15) is 0 Å². The summed E-state index contributed by atoms with van der Waals surface area (Å²) in [6, 6.07) is 7.58. The van der Waals surface area contributed by atoms with Crippen molar-refractivity contribution in [3.05, 3.63) is 46.6 Å². The van der Waals surface area contributed by atoms with Crippen molar-refractivity contribution in [3.8, 4) is 17.2 Å². The van der Waals surface area contributed by atoms with Crippen molar-refractivity contribution in [1.29, 1.82) is 0 Å². The molecule has 0 saturated heterocycles. The maximum Gasteiger partial charge on any atom is 1.00 e. The van der Waals surface area contributed by atoms with Crippen molar-refractivity contribution in [2.24, 2.45) is 5.73 Å². The Bertz CT molecular complexity index is 758. The first-order valence-electron chi connectivity index (χ1n) is 6.39. The molecule has 9 heteroatoms. The molecule has 0 saturated carbocycles. The summed E-state index contributed by atoms with van der Waals surface area (Å²) in [7, 11) is 0. The van der Waals surface area contributed by atoms with Crippen molar-refractivity contribution < 1.29 is 49.3 Å². The van der Waals surface area contributed by atoms with Gasteiger partial charge in [-0.05, 0) is 98.0 Å². The number of rotatable bonds is 5. The SMILES string of the molecule is N[C@@H](Cc1ccc(Oc2ccc([O-])c(I)c2I)cc1I)C(=O)O.[Na+]. The minimum Gasteiger partial charge on any atom is -0.872 e. The number of carboxylic acids is 1. The van der Waals surface area contributed by atoms with Gasteiger partial charge in [0.2, 0.25) is 0 Å². The molecule has 1 atom stereocenters. The summed E-state index contributed by atoms with van der Waals surface area (Å²) in [5.74, 6) is 0.174. The molecule has 3 N–H and O–H groups in total. The topological polar surface area (TPSA) is 95.6 Å². The fourth-order valence-corrected chi connectivity index (χ4v) is 3.51. The van der Waals surface area contributed by atoms with Crippen molar-refractivity contribution in [2.75, 3.05) is 0 Å². The van der Waals surface area contributed by atoms with Crippen LogP contribution in [0.2, 0.25) is 0 Å². The maximum absolute atomic E-state index is 11.6. The van der Waals surface area contributed by atoms with Gasteiger partial charge < -0.3 is 20.7 Å². The Morgan fingerprint density at radius 1 is 1.21 bits per heavy atom. The van der Waals surface area contributed by atoms with E-state index in [0.717, 1.165) is 12.7 Å². The van der Waals surface area contributed by atoms with Gasteiger partial charge in [-0.15, -0.1) is 0 Å². The average Bonchev–Trinajstić information content (AvgIpc) is 2.50. The molecule has 2 rings (SSSR count). The molecule has 122 valence electrons. The Hall–Kier alpha value is 0.660. The third-order valence-corrected chi connectivity index (χ3v) is 7.20. The Kier molecular flexibility index (Phi) is 9.57. The molecule has 2 aromatic rings. The van der Waals surface area contributed by atoms with E-state index in [-0.39, 0.29) is 41.7 Å². The van der Waals surface area contributed by atoms with Gasteiger partial charge in [-0.3, -0.25) is 4.79 Å². The first-order valence-corrected chi connectivity index (χ1v) is 9.63. The molecule has 0 fully saturated rings. The van der Waals surface area contributed by atoms with Gasteiger partial charge in [0, 0.05) is 7.14 Å². The molecule has 24 heavy (non-hydrogen) atoms. The van der Waals surface area contributed by atoms with Gasteiger partial charge >= 0.3 is 35.5 Å². The van der Waals surface area contributed by atoms with Crippen molar-refractivity contribution in [1.82, 2.24) is 0 Å². The molecule has 0 amide bonds. The largest absolute Gasteiger partial charge is 1.00 e. The molecule has 0 bridgehead atoms. The van der Waals surface area contributed by atoms with Crippen LogP contribution < -0.4 is 45.1 Å². The molecule has 0 aliphatic heterocycles. The molecule has 0 unspecified atom stereocenters. The Balaban J connectivity index is 0.00000288. The van der Waals surface area contributed by atoms with Gasteiger partial charge in [-0.1, -0.05) is 17.9 Å². The summed E-state index contributed by atoms with van der Waals surface area (Å²) in [5, 5.41) is 20.5. The third kappa shape index (κ3) is 5.84. The molecule has 5 nitrogen and oxygen atoms in total. The summed E-state index contributed by atoms with van der Waals surface area (Å²) in [4.78, 5) is 10.8. The van der Waals surface area contributed by atoms with E-state index in [1.165, 1.54) is 6.07 Å². The summed E-state index contributed by atoms with van der Waals surface area (Å²) in [6.07, 6.45) is 0.258. The Labute approximate surface area is 202 Å². The van der Waals surface area contributed by atoms with Crippen LogP contribution >= 0.6 is 67.8 Å². The second-order valence-corrected chi connectivity index (χ2v) is 8.01. The molecule has 0 aliphatic carbocycles. The molecule has 0 spiro atoms. The normalized spacial score (nSPS) is 11.5. The van der Waals surface area contributed by atoms with Crippen LogP contribution in [-0.2, 0) is 11.2 Å². The zero-order valence-corrected chi connectivity index (χ0v) is 21.0. The van der Waals surface area contributed by atoms with Crippen LogP contribution in [0.5, 0.6) is 17.2 Å². The van der Waals surface area contributed by atoms with Gasteiger partial charge in [0.1, 0.15) is 17.5 Å². The minimum atomic E-state index is -1.03. The van der Waals surface area contributed by atoms with E-state index in [0.29, 0.717) is 15.1 Å². The van der Waals surface area contributed by atoms with Crippen molar-refractivity contribution in [3.63, 3.8) is 0 Å². The number of carbonyl (C=O) groups is 1. The maximum atomic E-state index is 11.6. The summed E-state index contributed by atoms with van der Waals surface area (Å²) in [5.41, 5.74) is 6.42. The number of nitrogens with two attached hydrogens (primary N) is 1. The first-order chi connectivity index (χ1) is 10.8. The predicted molar refractivity (Wildman–Crippen MR) is 110 cm³/mol. The number of hydrogen-bond donors (Lipinski definition) is 2. The minimum absolute atomic E-state index is 0. The van der Waals surface area contributed by atoms with E-state index in [1.807, 2.05) is 28.7 Å². The Morgan fingerprint density at radius 3 is 2.46 bits per heavy atom. The van der Waals surface area contributed by atoms with Crippen molar-refractivity contribution in [2.45, 2.75) is 12.5 Å². The molecule has 0 aliphatic rings. The Morgan fingerprint density at radius 2 is 1.88 bits per heavy atom. The number of aliphatic carboxylic acids is 1. The van der Waals surface area contributed by atoms with E-state index in [1.54, 1.807) is 18.2 Å². The standard InChI is InChI=1S/C15H12I3NO4.Na/c16-9-6-8(2-1-7(9)5-10(19)15(21)22)23-12-4-3-11(20)13(17)14(12)18;/h1-4,6,10,20H,5,19H2,(H,21,22);/q;+1/p-1/t10-;/m0./s1. The summed E-state index contributed by atoms with van der Waals surface area (Å²) < 4.78 is 8.10. The first kappa shape index (κ1) is 22.7. The monoisotopic (exact) mass is 673 g/mol. The number of ether oxygens (including phenoxy) is 1. The molecule has 2 aromatic carbocycles. The van der Waals surface area contributed by atoms with Crippen LogP contribution in [0.3, 0.4) is 0 Å². The van der Waals surface area contributed by atoms with Gasteiger partial charge in [-0.25, -0.2) is 0 Å². The van der Waals surface area contributed by atoms with Crippen LogP contribution in [0.1, 0.15) is 5.56 Å². The van der Waals surface area contributed by atoms with Gasteiger partial charge in [0.05, 0.1) is 3.57 Å². The van der Waals surface area contributed by atoms with Gasteiger partial charge in [0.25, 0.3) is 0 Å². The fraction of sp³-hybridized carbons (Fsp3) is 0.133. The zero-order valence-electron chi connectivity index (χ0n) is 12.6. The average molecular weight is 673 g/mol. The van der Waals surface area contributed by atoms with Crippen LogP contribution in [0.4, 0.5) is 0 Å². The molecular formula is C15H11I3NNaO4. The van der Waals surface area contributed by atoms with Crippen molar-refractivity contribution >= 4 is 73.7 Å². The zero-order chi connectivity index (χ0) is 17.1. The number of hydrogen-bond acceptors (Lipinski definition) is 4. The van der Waals surface area contributed by atoms with Gasteiger partial charge in [0.15, 0.2) is 0 Å². The smallest absolute Gasteiger partial charge is 0.872 e. The summed E-state index contributed by atoms with van der Waals surface area (Å²) in [6.45, 7) is 0. The summed E-state index contributed by atoms with van der Waals surface area (Å²) >= 11 is 6.20. The molecular weight excluding hydrogens is 662 g/mol. The second-order valence-electron chi connectivity index (χ2n) is 4.69. The number of carboxylic acid groups (broad SMARTS) is 1. The quantitative estimate of drug-likeness (QED) is 0.353. The van der Waals surface area contributed by atoms with E-state index >= 15 is 0 Å². The number of benzene rings is 2. The molecule has 0 heterocycles. The third-order valence-electron chi connectivity index (χ3n) is 3.02. The second kappa shape index (κ2) is 10.1. The van der Waals surface area contributed by atoms with Crippen LogP contribution in [0.15, 0.2) is 30.3 Å². The van der Waals surface area contributed by atoms with E-state index in [9.17, 15) is 9.90 Å². The molecule has 0 radical (unpaired) electrons. The predicted octanol–water partition coefficient (Wildman–Crippen LogP) is 0.325. The number of halogens is 3. The van der Waals surface area contributed by atoms with E-state index in [4.69, 9.17) is 15.6 Å². The van der Waals surface area contributed by atoms with Crippen LogP contribution in [-0.4, -0.2) is 17.1 Å². The van der Waals surface area contributed by atoms with Crippen LogP contribution in [0.25, 0.3) is 0 Å². The van der Waals surface area contributed by atoms with Crippen LogP contribution in [0, 0.1) is 10.7 Å². The van der Waals surface area contributed by atoms with E-state index < -0.39 is 12.0 Å². The fourth-order valence-electron chi connectivity index (χ4n) is 1.80. The molecule has 0 aromatic heterocycles.